The van der Waals surface area contributed by atoms with Gasteiger partial charge >= 0.3 is 0 Å². The van der Waals surface area contributed by atoms with Gasteiger partial charge < -0.3 is 15.2 Å². The molecule has 0 aromatic heterocycles. The van der Waals surface area contributed by atoms with Crippen molar-refractivity contribution in [2.45, 2.75) is 6.42 Å². The van der Waals surface area contributed by atoms with Crippen molar-refractivity contribution in [1.82, 2.24) is 0 Å². The van der Waals surface area contributed by atoms with Crippen molar-refractivity contribution in [3.8, 4) is 5.75 Å². The molecule has 6 heteroatoms. The molecule has 0 saturated carbocycles. The maximum absolute atomic E-state index is 13.5. The van der Waals surface area contributed by atoms with Crippen molar-refractivity contribution in [2.75, 3.05) is 20.3 Å². The van der Waals surface area contributed by atoms with Crippen molar-refractivity contribution in [2.24, 2.45) is 5.73 Å². The maximum atomic E-state index is 13.5. The largest absolute Gasteiger partial charge is 0.488 e. The van der Waals surface area contributed by atoms with E-state index in [4.69, 9.17) is 15.2 Å². The Morgan fingerprint density at radius 2 is 1.88 bits per heavy atom. The molecule has 0 amide bonds. The highest BCUT2D eigenvalue weighted by atomic mass is 32.1. The molecule has 94 valence electrons. The Morgan fingerprint density at radius 1 is 1.29 bits per heavy atom. The van der Waals surface area contributed by atoms with E-state index in [2.05, 4.69) is 12.2 Å². The van der Waals surface area contributed by atoms with E-state index in [1.165, 1.54) is 7.11 Å². The fraction of sp³-hybridized carbons (Fsp3) is 0.364. The molecule has 0 aliphatic heterocycles. The molecular formula is C11H13F2NO2S. The molecule has 17 heavy (non-hydrogen) atoms. The van der Waals surface area contributed by atoms with Crippen LogP contribution in [0, 0.1) is 11.6 Å². The average molecular weight is 261 g/mol. The van der Waals surface area contributed by atoms with Crippen LogP contribution in [0.25, 0.3) is 0 Å². The molecule has 0 aliphatic carbocycles. The average Bonchev–Trinajstić information content (AvgIpc) is 2.26. The summed E-state index contributed by atoms with van der Waals surface area (Å²) in [5.74, 6) is -2.04. The molecule has 0 radical (unpaired) electrons. The predicted molar refractivity (Wildman–Crippen MR) is 64.2 cm³/mol. The number of halogens is 2. The number of nitrogens with two attached hydrogens (primary N) is 1. The van der Waals surface area contributed by atoms with Crippen LogP contribution in [-0.2, 0) is 4.74 Å². The Bertz CT molecular complexity index is 389. The predicted octanol–water partition coefficient (Wildman–Crippen LogP) is 2.01. The number of benzene rings is 1. The third kappa shape index (κ3) is 3.90. The summed E-state index contributed by atoms with van der Waals surface area (Å²) in [7, 11) is 1.54. The normalized spacial score (nSPS) is 10.3. The minimum absolute atomic E-state index is 0.0614. The lowest BCUT2D eigenvalue weighted by atomic mass is 10.2. The van der Waals surface area contributed by atoms with Crippen LogP contribution >= 0.6 is 12.2 Å². The summed E-state index contributed by atoms with van der Waals surface area (Å²) in [4.78, 5) is -0.0614. The topological polar surface area (TPSA) is 44.5 Å². The van der Waals surface area contributed by atoms with Crippen LogP contribution in [0.1, 0.15) is 12.0 Å². The lowest BCUT2D eigenvalue weighted by molar-refractivity contribution is 0.168. The quantitative estimate of drug-likeness (QED) is 0.628. The van der Waals surface area contributed by atoms with Gasteiger partial charge in [0, 0.05) is 25.7 Å². The zero-order valence-corrected chi connectivity index (χ0v) is 10.2. The number of methoxy groups -OCH3 is 1. The van der Waals surface area contributed by atoms with Gasteiger partial charge in [0.05, 0.1) is 6.61 Å². The van der Waals surface area contributed by atoms with Crippen LogP contribution in [0.15, 0.2) is 12.1 Å². The molecule has 1 rings (SSSR count). The van der Waals surface area contributed by atoms with E-state index in [-0.39, 0.29) is 17.2 Å². The third-order valence-electron chi connectivity index (χ3n) is 2.02. The van der Waals surface area contributed by atoms with Gasteiger partial charge in [-0.15, -0.1) is 0 Å². The number of rotatable bonds is 6. The van der Waals surface area contributed by atoms with E-state index in [9.17, 15) is 8.78 Å². The Kier molecular flexibility index (Phi) is 5.24. The standard InChI is InChI=1S/C11H13F2NO2S/c1-15-3-2-4-16-10-8(12)5-7(11(14)17)6-9(10)13/h5-6H,2-4H2,1H3,(H2,14,17). The van der Waals surface area contributed by atoms with Gasteiger partial charge in [0.2, 0.25) is 0 Å². The summed E-state index contributed by atoms with van der Waals surface area (Å²) in [5, 5.41) is 0. The summed E-state index contributed by atoms with van der Waals surface area (Å²) < 4.78 is 36.7. The van der Waals surface area contributed by atoms with E-state index in [1.807, 2.05) is 0 Å². The van der Waals surface area contributed by atoms with Crippen LogP contribution in [0.2, 0.25) is 0 Å². The van der Waals surface area contributed by atoms with Crippen molar-refractivity contribution in [1.29, 1.82) is 0 Å². The van der Waals surface area contributed by atoms with Crippen LogP contribution in [0.3, 0.4) is 0 Å². The molecule has 0 spiro atoms. The SMILES string of the molecule is COCCCOc1c(F)cc(C(N)=S)cc1F. The maximum Gasteiger partial charge on any atom is 0.190 e. The molecule has 0 heterocycles. The Morgan fingerprint density at radius 3 is 2.35 bits per heavy atom. The van der Waals surface area contributed by atoms with Gasteiger partial charge in [-0.25, -0.2) is 8.78 Å². The van der Waals surface area contributed by atoms with Gasteiger partial charge in [0.1, 0.15) is 4.99 Å². The number of ether oxygens (including phenoxy) is 2. The van der Waals surface area contributed by atoms with E-state index in [0.29, 0.717) is 13.0 Å². The van der Waals surface area contributed by atoms with Crippen LogP contribution in [0.4, 0.5) is 8.78 Å². The smallest absolute Gasteiger partial charge is 0.190 e. The van der Waals surface area contributed by atoms with Gasteiger partial charge in [0.15, 0.2) is 17.4 Å². The summed E-state index contributed by atoms with van der Waals surface area (Å²) in [6.07, 6.45) is 0.548. The molecule has 0 bridgehead atoms. The third-order valence-corrected chi connectivity index (χ3v) is 2.26. The minimum atomic E-state index is -0.815. The van der Waals surface area contributed by atoms with Gasteiger partial charge in [0.25, 0.3) is 0 Å². The van der Waals surface area contributed by atoms with E-state index in [0.717, 1.165) is 12.1 Å². The van der Waals surface area contributed by atoms with Gasteiger partial charge in [-0.3, -0.25) is 0 Å². The molecule has 2 N–H and O–H groups in total. The molecular weight excluding hydrogens is 248 g/mol. The minimum Gasteiger partial charge on any atom is -0.488 e. The van der Waals surface area contributed by atoms with Crippen LogP contribution in [-0.4, -0.2) is 25.3 Å². The number of hydrogen-bond acceptors (Lipinski definition) is 3. The summed E-state index contributed by atoms with van der Waals surface area (Å²) >= 11 is 4.63. The van der Waals surface area contributed by atoms with Crippen molar-refractivity contribution in [3.63, 3.8) is 0 Å². The number of thiocarbonyl (C=S) groups is 1. The molecule has 0 saturated heterocycles. The van der Waals surface area contributed by atoms with Gasteiger partial charge in [-0.05, 0) is 12.1 Å². The second-order valence-electron chi connectivity index (χ2n) is 3.33. The second-order valence-corrected chi connectivity index (χ2v) is 3.77. The highest BCUT2D eigenvalue weighted by Gasteiger charge is 2.13. The van der Waals surface area contributed by atoms with E-state index < -0.39 is 17.4 Å². The summed E-state index contributed by atoms with van der Waals surface area (Å²) in [5.41, 5.74) is 5.42. The summed E-state index contributed by atoms with van der Waals surface area (Å²) in [6.45, 7) is 0.641. The molecule has 0 aliphatic rings. The Labute approximate surface area is 104 Å². The lowest BCUT2D eigenvalue weighted by Gasteiger charge is -2.09. The van der Waals surface area contributed by atoms with Crippen molar-refractivity contribution in [3.05, 3.63) is 29.3 Å². The monoisotopic (exact) mass is 261 g/mol. The fourth-order valence-electron chi connectivity index (χ4n) is 1.22. The zero-order valence-electron chi connectivity index (χ0n) is 9.33. The first-order chi connectivity index (χ1) is 8.06. The van der Waals surface area contributed by atoms with Crippen LogP contribution in [0.5, 0.6) is 5.75 Å². The zero-order chi connectivity index (χ0) is 12.8. The molecule has 1 aromatic rings. The van der Waals surface area contributed by atoms with E-state index >= 15 is 0 Å². The fourth-order valence-corrected chi connectivity index (χ4v) is 1.34. The Balaban J connectivity index is 2.76. The molecule has 0 fully saturated rings. The van der Waals surface area contributed by atoms with E-state index in [1.54, 1.807) is 0 Å². The molecule has 1 aromatic carbocycles. The van der Waals surface area contributed by atoms with Gasteiger partial charge in [-0.2, -0.15) is 0 Å². The first-order valence-corrected chi connectivity index (χ1v) is 5.37. The highest BCUT2D eigenvalue weighted by molar-refractivity contribution is 7.80. The van der Waals surface area contributed by atoms with Crippen LogP contribution < -0.4 is 10.5 Å². The molecule has 3 nitrogen and oxygen atoms in total. The summed E-state index contributed by atoms with van der Waals surface area (Å²) in [6, 6.07) is 2.11. The first-order valence-electron chi connectivity index (χ1n) is 4.97. The lowest BCUT2D eigenvalue weighted by Crippen LogP contribution is -2.11. The second kappa shape index (κ2) is 6.46. The number of hydrogen-bond donors (Lipinski definition) is 1. The van der Waals surface area contributed by atoms with Crippen molar-refractivity contribution < 1.29 is 18.3 Å². The van der Waals surface area contributed by atoms with Crippen molar-refractivity contribution >= 4 is 17.2 Å². The molecule has 0 atom stereocenters. The molecule has 0 unspecified atom stereocenters. The Hall–Kier alpha value is -1.27. The first kappa shape index (κ1) is 13.8. The highest BCUT2D eigenvalue weighted by Crippen LogP contribution is 2.23. The van der Waals surface area contributed by atoms with Gasteiger partial charge in [-0.1, -0.05) is 12.2 Å².